The van der Waals surface area contributed by atoms with Crippen LogP contribution in [0.15, 0.2) is 18.2 Å². The van der Waals surface area contributed by atoms with Crippen molar-refractivity contribution in [2.75, 3.05) is 12.4 Å². The zero-order valence-corrected chi connectivity index (χ0v) is 12.7. The van der Waals surface area contributed by atoms with Crippen LogP contribution < -0.4 is 15.8 Å². The third-order valence-electron chi connectivity index (χ3n) is 3.12. The zero-order chi connectivity index (χ0) is 14.7. The van der Waals surface area contributed by atoms with Gasteiger partial charge in [-0.2, -0.15) is 0 Å². The molecule has 0 aliphatic carbocycles. The fourth-order valence-electron chi connectivity index (χ4n) is 1.71. The molecule has 0 aliphatic heterocycles. The Morgan fingerprint density at radius 1 is 1.50 bits per heavy atom. The number of carbonyl (C=O) groups excluding carboxylic acids is 1. The third kappa shape index (κ3) is 3.46. The molecule has 0 bridgehead atoms. The van der Waals surface area contributed by atoms with E-state index in [4.69, 9.17) is 10.5 Å². The van der Waals surface area contributed by atoms with E-state index in [9.17, 15) is 4.79 Å². The molecule has 0 spiro atoms. The Labute approximate surface area is 122 Å². The van der Waals surface area contributed by atoms with Gasteiger partial charge in [-0.15, -0.1) is 0 Å². The minimum Gasteiger partial charge on any atom is -0.497 e. The van der Waals surface area contributed by atoms with Gasteiger partial charge in [0.25, 0.3) is 0 Å². The number of nitrogens with two attached hydrogens (primary N) is 1. The van der Waals surface area contributed by atoms with Crippen LogP contribution >= 0.6 is 11.3 Å². The Kier molecular flexibility index (Phi) is 4.57. The summed E-state index contributed by atoms with van der Waals surface area (Å²) in [6, 6.07) is 5.50. The lowest BCUT2D eigenvalue weighted by Crippen LogP contribution is -2.31. The van der Waals surface area contributed by atoms with E-state index in [1.54, 1.807) is 7.11 Å². The molecule has 108 valence electrons. The molecule has 1 atom stereocenters. The summed E-state index contributed by atoms with van der Waals surface area (Å²) in [6.07, 6.45) is 0.302. The second-order valence-corrected chi connectivity index (χ2v) is 6.04. The number of thiazole rings is 1. The van der Waals surface area contributed by atoms with Gasteiger partial charge in [-0.1, -0.05) is 25.2 Å². The van der Waals surface area contributed by atoms with E-state index in [2.05, 4.69) is 10.3 Å². The molecule has 2 aromatic rings. The highest BCUT2D eigenvalue weighted by molar-refractivity contribution is 7.22. The van der Waals surface area contributed by atoms with E-state index >= 15 is 0 Å². The van der Waals surface area contributed by atoms with Gasteiger partial charge in [-0.05, 0) is 24.1 Å². The Balaban J connectivity index is 2.08. The Bertz CT molecular complexity index is 609. The molecule has 1 unspecified atom stereocenters. The maximum Gasteiger partial charge on any atom is 0.227 e. The van der Waals surface area contributed by atoms with Crippen molar-refractivity contribution < 1.29 is 9.53 Å². The van der Waals surface area contributed by atoms with Gasteiger partial charge < -0.3 is 15.8 Å². The van der Waals surface area contributed by atoms with Gasteiger partial charge in [0, 0.05) is 12.5 Å². The first-order valence-corrected chi connectivity index (χ1v) is 7.31. The molecule has 0 saturated carbocycles. The molecule has 1 aromatic carbocycles. The Morgan fingerprint density at radius 2 is 2.25 bits per heavy atom. The molecular weight excluding hydrogens is 274 g/mol. The first-order chi connectivity index (χ1) is 9.49. The van der Waals surface area contributed by atoms with Crippen molar-refractivity contribution in [1.82, 2.24) is 4.98 Å². The molecule has 0 fully saturated rings. The molecular formula is C14H19N3O2S. The number of hydrogen-bond donors (Lipinski definition) is 2. The van der Waals surface area contributed by atoms with Crippen molar-refractivity contribution in [1.29, 1.82) is 0 Å². The number of carbonyl (C=O) groups is 1. The molecule has 2 rings (SSSR count). The maximum atomic E-state index is 11.9. The summed E-state index contributed by atoms with van der Waals surface area (Å²) in [5.74, 6) is 0.957. The van der Waals surface area contributed by atoms with Gasteiger partial charge in [0.1, 0.15) is 5.75 Å². The normalized spacial score (nSPS) is 12.7. The number of nitrogens with one attached hydrogen (secondary N) is 1. The summed E-state index contributed by atoms with van der Waals surface area (Å²) in [5, 5.41) is 3.39. The van der Waals surface area contributed by atoms with E-state index in [0.717, 1.165) is 16.0 Å². The highest BCUT2D eigenvalue weighted by atomic mass is 32.1. The minimum absolute atomic E-state index is 0.0998. The number of hydrogen-bond acceptors (Lipinski definition) is 5. The molecule has 5 nitrogen and oxygen atoms in total. The number of rotatable bonds is 5. The summed E-state index contributed by atoms with van der Waals surface area (Å²) in [4.78, 5) is 16.2. The molecule has 0 radical (unpaired) electrons. The molecule has 0 aliphatic rings. The van der Waals surface area contributed by atoms with Gasteiger partial charge in [0.2, 0.25) is 5.91 Å². The monoisotopic (exact) mass is 293 g/mol. The second-order valence-electron chi connectivity index (χ2n) is 5.01. The van der Waals surface area contributed by atoms with Gasteiger partial charge >= 0.3 is 0 Å². The number of fused-ring (bicyclic) bond motifs is 1. The maximum absolute atomic E-state index is 11.9. The number of anilines is 1. The smallest absolute Gasteiger partial charge is 0.227 e. The summed E-state index contributed by atoms with van der Waals surface area (Å²) in [6.45, 7) is 4.00. The average molecular weight is 293 g/mol. The summed E-state index contributed by atoms with van der Waals surface area (Å²) >= 11 is 1.43. The molecule has 1 amide bonds. The van der Waals surface area contributed by atoms with Crippen LogP contribution in [0.5, 0.6) is 5.75 Å². The first-order valence-electron chi connectivity index (χ1n) is 6.49. The summed E-state index contributed by atoms with van der Waals surface area (Å²) < 4.78 is 6.15. The number of nitrogens with zero attached hydrogens (tertiary/aromatic N) is 1. The van der Waals surface area contributed by atoms with Crippen LogP contribution in [-0.4, -0.2) is 24.0 Å². The Hall–Kier alpha value is -1.66. The highest BCUT2D eigenvalue weighted by Gasteiger charge is 2.14. The molecule has 1 heterocycles. The van der Waals surface area contributed by atoms with E-state index in [1.807, 2.05) is 32.0 Å². The highest BCUT2D eigenvalue weighted by Crippen LogP contribution is 2.29. The van der Waals surface area contributed by atoms with Crippen molar-refractivity contribution in [3.05, 3.63) is 18.2 Å². The van der Waals surface area contributed by atoms with Gasteiger partial charge in [-0.3, -0.25) is 4.79 Å². The molecule has 20 heavy (non-hydrogen) atoms. The number of ether oxygens (including phenoxy) is 1. The zero-order valence-electron chi connectivity index (χ0n) is 11.8. The van der Waals surface area contributed by atoms with Crippen LogP contribution in [0.4, 0.5) is 5.13 Å². The van der Waals surface area contributed by atoms with Crippen LogP contribution in [-0.2, 0) is 4.79 Å². The third-order valence-corrected chi connectivity index (χ3v) is 4.05. The van der Waals surface area contributed by atoms with Gasteiger partial charge in [0.15, 0.2) is 5.13 Å². The number of amides is 1. The Morgan fingerprint density at radius 3 is 2.90 bits per heavy atom. The van der Waals surface area contributed by atoms with Crippen LogP contribution in [0.1, 0.15) is 20.3 Å². The number of aromatic nitrogens is 1. The first kappa shape index (κ1) is 14.7. The number of benzene rings is 1. The predicted molar refractivity (Wildman–Crippen MR) is 82.2 cm³/mol. The molecule has 0 saturated heterocycles. The summed E-state index contributed by atoms with van der Waals surface area (Å²) in [7, 11) is 1.62. The predicted octanol–water partition coefficient (Wildman–Crippen LogP) is 2.62. The van der Waals surface area contributed by atoms with Crippen LogP contribution in [0, 0.1) is 5.92 Å². The summed E-state index contributed by atoms with van der Waals surface area (Å²) in [5.41, 5.74) is 6.74. The van der Waals surface area contributed by atoms with Crippen LogP contribution in [0.2, 0.25) is 0 Å². The van der Waals surface area contributed by atoms with Crippen LogP contribution in [0.3, 0.4) is 0 Å². The van der Waals surface area contributed by atoms with Gasteiger partial charge in [0.05, 0.1) is 17.3 Å². The van der Waals surface area contributed by atoms with Crippen molar-refractivity contribution >= 4 is 32.6 Å². The van der Waals surface area contributed by atoms with Crippen molar-refractivity contribution in [2.45, 2.75) is 26.3 Å². The second kappa shape index (κ2) is 6.19. The number of methoxy groups -OCH3 is 1. The van der Waals surface area contributed by atoms with Crippen molar-refractivity contribution in [3.63, 3.8) is 0 Å². The van der Waals surface area contributed by atoms with Crippen molar-refractivity contribution in [2.24, 2.45) is 11.7 Å². The quantitative estimate of drug-likeness (QED) is 0.888. The average Bonchev–Trinajstić information content (AvgIpc) is 2.78. The topological polar surface area (TPSA) is 77.2 Å². The largest absolute Gasteiger partial charge is 0.497 e. The lowest BCUT2D eigenvalue weighted by molar-refractivity contribution is -0.116. The lowest BCUT2D eigenvalue weighted by Gasteiger charge is -2.14. The standard InChI is InChI=1S/C14H19N3O2S/c1-8(2)10(15)7-13(18)17-14-16-11-5-4-9(19-3)6-12(11)20-14/h4-6,8,10H,7,15H2,1-3H3,(H,16,17,18). The van der Waals surface area contributed by atoms with E-state index in [1.165, 1.54) is 11.3 Å². The molecule has 6 heteroatoms. The molecule has 3 N–H and O–H groups in total. The van der Waals surface area contributed by atoms with Crippen LogP contribution in [0.25, 0.3) is 10.2 Å². The van der Waals surface area contributed by atoms with E-state index < -0.39 is 0 Å². The fraction of sp³-hybridized carbons (Fsp3) is 0.429. The van der Waals surface area contributed by atoms with E-state index in [0.29, 0.717) is 11.6 Å². The fourth-order valence-corrected chi connectivity index (χ4v) is 2.62. The minimum atomic E-state index is -0.135. The lowest BCUT2D eigenvalue weighted by atomic mass is 10.0. The molecule has 1 aromatic heterocycles. The SMILES string of the molecule is COc1ccc2nc(NC(=O)CC(N)C(C)C)sc2c1. The van der Waals surface area contributed by atoms with E-state index in [-0.39, 0.29) is 17.9 Å². The van der Waals surface area contributed by atoms with Gasteiger partial charge in [-0.25, -0.2) is 4.98 Å². The van der Waals surface area contributed by atoms with Crippen molar-refractivity contribution in [3.8, 4) is 5.75 Å².